The summed E-state index contributed by atoms with van der Waals surface area (Å²) in [7, 11) is 0. The molecule has 0 spiro atoms. The Morgan fingerprint density at radius 2 is 1.64 bits per heavy atom. The van der Waals surface area contributed by atoms with E-state index in [1.54, 1.807) is 0 Å². The molecular formula is C24H42O4. The molecular weight excluding hydrogens is 352 g/mol. The summed E-state index contributed by atoms with van der Waals surface area (Å²) in [5.74, 6) is -0.393. The fourth-order valence-electron chi connectivity index (χ4n) is 6.00. The number of rotatable bonds is 9. The standard InChI is InChI=1S/C24H42O4/c1-5-7-13-21-17(14-15-18(10-6-2)24(21,3)4)16-28-23(27)20-12-9-8-11-19(20)22(25)26/h17-21H,5-16H2,1-4H3,(H,25,26). The number of hydrogen-bond donors (Lipinski definition) is 1. The zero-order chi connectivity index (χ0) is 20.7. The Morgan fingerprint density at radius 3 is 2.25 bits per heavy atom. The summed E-state index contributed by atoms with van der Waals surface area (Å²) in [4.78, 5) is 24.2. The molecule has 1 N–H and O–H groups in total. The van der Waals surface area contributed by atoms with Crippen LogP contribution in [0.2, 0.25) is 0 Å². The normalized spacial score (nSPS) is 32.6. The van der Waals surface area contributed by atoms with Crippen molar-refractivity contribution in [3.63, 3.8) is 0 Å². The maximum absolute atomic E-state index is 12.7. The molecule has 0 aromatic carbocycles. The molecule has 0 aromatic heterocycles. The molecule has 2 fully saturated rings. The zero-order valence-corrected chi connectivity index (χ0v) is 18.5. The summed E-state index contributed by atoms with van der Waals surface area (Å²) in [6.45, 7) is 9.82. The average Bonchev–Trinajstić information content (AvgIpc) is 2.67. The van der Waals surface area contributed by atoms with E-state index in [0.717, 1.165) is 25.2 Å². The molecule has 2 saturated carbocycles. The van der Waals surface area contributed by atoms with E-state index in [4.69, 9.17) is 4.74 Å². The number of carboxylic acid groups (broad SMARTS) is 1. The predicted molar refractivity (Wildman–Crippen MR) is 112 cm³/mol. The third kappa shape index (κ3) is 5.51. The predicted octanol–water partition coefficient (Wildman–Crippen LogP) is 6.08. The van der Waals surface area contributed by atoms with Crippen molar-refractivity contribution in [2.45, 2.75) is 98.3 Å². The molecule has 0 heterocycles. The first kappa shape index (κ1) is 23.2. The number of carboxylic acids is 1. The lowest BCUT2D eigenvalue weighted by Crippen LogP contribution is -2.44. The van der Waals surface area contributed by atoms with Gasteiger partial charge in [-0.2, -0.15) is 0 Å². The van der Waals surface area contributed by atoms with Crippen molar-refractivity contribution in [3.8, 4) is 0 Å². The second kappa shape index (κ2) is 10.6. The summed E-state index contributed by atoms with van der Waals surface area (Å²) >= 11 is 0. The number of carbonyl (C=O) groups excluding carboxylic acids is 1. The summed E-state index contributed by atoms with van der Waals surface area (Å²) in [6.07, 6.45) is 11.6. The average molecular weight is 395 g/mol. The van der Waals surface area contributed by atoms with E-state index in [-0.39, 0.29) is 11.4 Å². The van der Waals surface area contributed by atoms with E-state index in [1.165, 1.54) is 38.5 Å². The van der Waals surface area contributed by atoms with Crippen LogP contribution in [0, 0.1) is 35.0 Å². The first-order valence-corrected chi connectivity index (χ1v) is 11.7. The SMILES string of the molecule is CCCCC1C(COC(=O)C2CCCCC2C(=O)O)CCC(CCC)C1(C)C. The van der Waals surface area contributed by atoms with E-state index >= 15 is 0 Å². The van der Waals surface area contributed by atoms with E-state index in [1.807, 2.05) is 0 Å². The highest BCUT2D eigenvalue weighted by Crippen LogP contribution is 2.51. The smallest absolute Gasteiger partial charge is 0.309 e. The number of carbonyl (C=O) groups is 2. The number of aliphatic carboxylic acids is 1. The van der Waals surface area contributed by atoms with Crippen LogP contribution in [-0.4, -0.2) is 23.7 Å². The number of hydrogen-bond acceptors (Lipinski definition) is 3. The Bertz CT molecular complexity index is 513. The molecule has 2 aliphatic carbocycles. The Hall–Kier alpha value is -1.06. The molecule has 28 heavy (non-hydrogen) atoms. The van der Waals surface area contributed by atoms with Gasteiger partial charge in [0.2, 0.25) is 0 Å². The van der Waals surface area contributed by atoms with Gasteiger partial charge in [0.15, 0.2) is 0 Å². The molecule has 2 rings (SSSR count). The zero-order valence-electron chi connectivity index (χ0n) is 18.5. The first-order chi connectivity index (χ1) is 13.3. The van der Waals surface area contributed by atoms with Crippen molar-refractivity contribution in [3.05, 3.63) is 0 Å². The van der Waals surface area contributed by atoms with Crippen LogP contribution in [0.1, 0.15) is 98.3 Å². The van der Waals surface area contributed by atoms with Gasteiger partial charge in [0, 0.05) is 0 Å². The molecule has 4 heteroatoms. The van der Waals surface area contributed by atoms with Crippen molar-refractivity contribution in [2.24, 2.45) is 35.0 Å². The summed E-state index contributed by atoms with van der Waals surface area (Å²) in [5, 5.41) is 9.45. The lowest BCUT2D eigenvalue weighted by molar-refractivity contribution is -0.162. The molecule has 162 valence electrons. The van der Waals surface area contributed by atoms with Crippen molar-refractivity contribution in [1.29, 1.82) is 0 Å². The van der Waals surface area contributed by atoms with Crippen LogP contribution in [0.3, 0.4) is 0 Å². The van der Waals surface area contributed by atoms with E-state index in [0.29, 0.717) is 31.3 Å². The molecule has 2 aliphatic rings. The van der Waals surface area contributed by atoms with Crippen LogP contribution in [0.5, 0.6) is 0 Å². The summed E-state index contributed by atoms with van der Waals surface area (Å²) < 4.78 is 5.80. The van der Waals surface area contributed by atoms with Crippen LogP contribution in [0.25, 0.3) is 0 Å². The van der Waals surface area contributed by atoms with E-state index < -0.39 is 17.8 Å². The summed E-state index contributed by atoms with van der Waals surface area (Å²) in [6, 6.07) is 0. The molecule has 0 bridgehead atoms. The second-order valence-corrected chi connectivity index (χ2v) is 9.86. The minimum Gasteiger partial charge on any atom is -0.481 e. The molecule has 0 aliphatic heterocycles. The van der Waals surface area contributed by atoms with Gasteiger partial charge in [-0.3, -0.25) is 9.59 Å². The van der Waals surface area contributed by atoms with Gasteiger partial charge in [-0.15, -0.1) is 0 Å². The third-order valence-corrected chi connectivity index (χ3v) is 7.79. The molecule has 0 aromatic rings. The van der Waals surface area contributed by atoms with E-state index in [9.17, 15) is 14.7 Å². The van der Waals surface area contributed by atoms with Crippen LogP contribution >= 0.6 is 0 Å². The van der Waals surface area contributed by atoms with Crippen molar-refractivity contribution >= 4 is 11.9 Å². The first-order valence-electron chi connectivity index (χ1n) is 11.7. The fourth-order valence-corrected chi connectivity index (χ4v) is 6.00. The highest BCUT2D eigenvalue weighted by Gasteiger charge is 2.45. The van der Waals surface area contributed by atoms with Gasteiger partial charge < -0.3 is 9.84 Å². The highest BCUT2D eigenvalue weighted by atomic mass is 16.5. The van der Waals surface area contributed by atoms with E-state index in [2.05, 4.69) is 27.7 Å². The Labute approximate surface area is 171 Å². The van der Waals surface area contributed by atoms with Crippen LogP contribution in [-0.2, 0) is 14.3 Å². The minimum absolute atomic E-state index is 0.269. The van der Waals surface area contributed by atoms with Crippen LogP contribution in [0.4, 0.5) is 0 Å². The molecule has 0 radical (unpaired) electrons. The largest absolute Gasteiger partial charge is 0.481 e. The topological polar surface area (TPSA) is 63.6 Å². The van der Waals surface area contributed by atoms with Gasteiger partial charge in [-0.25, -0.2) is 0 Å². The highest BCUT2D eigenvalue weighted by molar-refractivity contribution is 5.81. The fraction of sp³-hybridized carbons (Fsp3) is 0.917. The number of ether oxygens (including phenoxy) is 1. The lowest BCUT2D eigenvalue weighted by Gasteiger charge is -2.50. The van der Waals surface area contributed by atoms with Crippen molar-refractivity contribution in [2.75, 3.05) is 6.61 Å². The Morgan fingerprint density at radius 1 is 0.964 bits per heavy atom. The van der Waals surface area contributed by atoms with Gasteiger partial charge in [-0.1, -0.05) is 66.2 Å². The maximum Gasteiger partial charge on any atom is 0.309 e. The Balaban J connectivity index is 2.02. The summed E-state index contributed by atoms with van der Waals surface area (Å²) in [5.41, 5.74) is 0.273. The second-order valence-electron chi connectivity index (χ2n) is 9.86. The molecule has 5 unspecified atom stereocenters. The van der Waals surface area contributed by atoms with Gasteiger partial charge in [0.05, 0.1) is 18.4 Å². The molecule has 4 nitrogen and oxygen atoms in total. The van der Waals surface area contributed by atoms with Gasteiger partial charge >= 0.3 is 11.9 Å². The Kier molecular flexibility index (Phi) is 8.82. The van der Waals surface area contributed by atoms with Crippen molar-refractivity contribution < 1.29 is 19.4 Å². The molecule has 5 atom stereocenters. The monoisotopic (exact) mass is 394 g/mol. The van der Waals surface area contributed by atoms with Crippen molar-refractivity contribution in [1.82, 2.24) is 0 Å². The van der Waals surface area contributed by atoms with Gasteiger partial charge in [0.25, 0.3) is 0 Å². The third-order valence-electron chi connectivity index (χ3n) is 7.79. The number of unbranched alkanes of at least 4 members (excludes halogenated alkanes) is 1. The molecule has 0 saturated heterocycles. The lowest BCUT2D eigenvalue weighted by atomic mass is 9.56. The van der Waals surface area contributed by atoms with Crippen LogP contribution < -0.4 is 0 Å². The van der Waals surface area contributed by atoms with Crippen LogP contribution in [0.15, 0.2) is 0 Å². The van der Waals surface area contributed by atoms with Gasteiger partial charge in [-0.05, 0) is 55.3 Å². The molecule has 0 amide bonds. The maximum atomic E-state index is 12.7. The number of esters is 1. The quantitative estimate of drug-likeness (QED) is 0.481. The minimum atomic E-state index is -0.844. The van der Waals surface area contributed by atoms with Gasteiger partial charge in [0.1, 0.15) is 0 Å².